The zero-order valence-electron chi connectivity index (χ0n) is 24.8. The molecule has 1 aliphatic rings. The van der Waals surface area contributed by atoms with Crippen LogP contribution in [0.15, 0.2) is 18.3 Å². The molecule has 2 aromatic heterocycles. The second-order valence-electron chi connectivity index (χ2n) is 11.2. The molecular formula is C28H45N7O4Si. The Morgan fingerprint density at radius 1 is 1.07 bits per heavy atom. The maximum atomic E-state index is 12.3. The van der Waals surface area contributed by atoms with Crippen LogP contribution in [0.2, 0.25) is 18.1 Å². The lowest BCUT2D eigenvalue weighted by atomic mass is 10.0. The van der Waals surface area contributed by atoms with Crippen LogP contribution in [0.5, 0.6) is 0 Å². The minimum absolute atomic E-state index is 0.164. The van der Waals surface area contributed by atoms with Crippen molar-refractivity contribution in [1.82, 2.24) is 20.3 Å². The molecule has 2 aromatic rings. The lowest BCUT2D eigenvalue weighted by Gasteiger charge is -2.42. The van der Waals surface area contributed by atoms with Gasteiger partial charge in [0, 0.05) is 36.4 Å². The highest BCUT2D eigenvalue weighted by molar-refractivity contribution is 6.73. The summed E-state index contributed by atoms with van der Waals surface area (Å²) in [5.41, 5.74) is 8.47. The molecule has 40 heavy (non-hydrogen) atoms. The number of hydrogen-bond acceptors (Lipinski definition) is 8. The number of nitrogens with zero attached hydrogens (tertiary/aromatic N) is 4. The monoisotopic (exact) mass is 571 g/mol. The Morgan fingerprint density at radius 2 is 1.68 bits per heavy atom. The number of carbonyl (C=O) groups is 2. The van der Waals surface area contributed by atoms with Gasteiger partial charge in [0.1, 0.15) is 11.4 Å². The minimum Gasteiger partial charge on any atom is -0.465 e. The van der Waals surface area contributed by atoms with Gasteiger partial charge >= 0.3 is 6.09 Å². The number of rotatable bonds is 12. The number of aromatic nitrogens is 3. The first-order valence-corrected chi connectivity index (χ1v) is 16.8. The van der Waals surface area contributed by atoms with Gasteiger partial charge in [0.2, 0.25) is 5.95 Å². The van der Waals surface area contributed by atoms with Gasteiger partial charge in [0.25, 0.3) is 5.91 Å². The van der Waals surface area contributed by atoms with Gasteiger partial charge < -0.3 is 30.8 Å². The van der Waals surface area contributed by atoms with Crippen LogP contribution in [-0.4, -0.2) is 65.6 Å². The van der Waals surface area contributed by atoms with Gasteiger partial charge in [-0.3, -0.25) is 9.78 Å². The van der Waals surface area contributed by atoms with E-state index < -0.39 is 20.3 Å². The van der Waals surface area contributed by atoms with E-state index >= 15 is 0 Å². The fourth-order valence-electron chi connectivity index (χ4n) is 5.11. The van der Waals surface area contributed by atoms with Gasteiger partial charge in [-0.25, -0.2) is 9.78 Å². The summed E-state index contributed by atoms with van der Waals surface area (Å²) in [6.45, 7) is 15.7. The molecule has 1 saturated heterocycles. The summed E-state index contributed by atoms with van der Waals surface area (Å²) in [5, 5.41) is 15.4. The predicted molar refractivity (Wildman–Crippen MR) is 160 cm³/mol. The summed E-state index contributed by atoms with van der Waals surface area (Å²) < 4.78 is 6.76. The fraction of sp³-hybridized carbons (Fsp3) is 0.607. The summed E-state index contributed by atoms with van der Waals surface area (Å²) in [6, 6.07) is 6.53. The molecule has 0 radical (unpaired) electrons. The van der Waals surface area contributed by atoms with Crippen molar-refractivity contribution in [3.8, 4) is 0 Å². The summed E-state index contributed by atoms with van der Waals surface area (Å²) >= 11 is 0. The molecule has 3 rings (SSSR count). The van der Waals surface area contributed by atoms with Crippen LogP contribution in [0.1, 0.15) is 88.5 Å². The fourth-order valence-corrected chi connectivity index (χ4v) is 7.99. The molecule has 11 nitrogen and oxygen atoms in total. The molecule has 220 valence electrons. The molecule has 5 N–H and O–H groups in total. The lowest BCUT2D eigenvalue weighted by Crippen LogP contribution is -2.56. The van der Waals surface area contributed by atoms with Gasteiger partial charge in [0.05, 0.1) is 12.1 Å². The number of primary amides is 1. The van der Waals surface area contributed by atoms with Gasteiger partial charge in [-0.1, -0.05) is 48.5 Å². The Hall–Kier alpha value is -3.25. The van der Waals surface area contributed by atoms with E-state index in [9.17, 15) is 14.7 Å². The van der Waals surface area contributed by atoms with Crippen LogP contribution >= 0.6 is 0 Å². The number of pyridine rings is 1. The van der Waals surface area contributed by atoms with Gasteiger partial charge in [0.15, 0.2) is 8.32 Å². The normalized spacial score (nSPS) is 17.8. The third-order valence-electron chi connectivity index (χ3n) is 7.72. The highest BCUT2D eigenvalue weighted by Crippen LogP contribution is 2.30. The number of carbonyl (C=O) groups excluding carboxylic acids is 1. The van der Waals surface area contributed by atoms with Crippen molar-refractivity contribution in [3.63, 3.8) is 0 Å². The van der Waals surface area contributed by atoms with Crippen molar-refractivity contribution in [2.24, 2.45) is 5.73 Å². The largest absolute Gasteiger partial charge is 0.465 e. The van der Waals surface area contributed by atoms with Crippen LogP contribution < -0.4 is 21.3 Å². The smallest absolute Gasteiger partial charge is 0.404 e. The molecule has 0 aromatic carbocycles. The van der Waals surface area contributed by atoms with Crippen molar-refractivity contribution in [2.75, 3.05) is 23.3 Å². The Labute approximate surface area is 238 Å². The first-order chi connectivity index (χ1) is 18.9. The molecule has 0 bridgehead atoms. The average Bonchev–Trinajstić information content (AvgIpc) is 2.91. The molecule has 1 aliphatic heterocycles. The number of anilines is 3. The zero-order chi connectivity index (χ0) is 29.6. The molecule has 1 fully saturated rings. The van der Waals surface area contributed by atoms with E-state index in [4.69, 9.17) is 20.1 Å². The number of nitrogens with two attached hydrogens (primary N) is 1. The van der Waals surface area contributed by atoms with E-state index in [2.05, 4.69) is 64.1 Å². The van der Waals surface area contributed by atoms with E-state index in [1.807, 2.05) is 17.0 Å². The summed E-state index contributed by atoms with van der Waals surface area (Å²) in [5.74, 6) is 0.441. The van der Waals surface area contributed by atoms with Gasteiger partial charge in [-0.05, 0) is 48.5 Å². The Bertz CT molecular complexity index is 1150. The number of nitrogens with one attached hydrogen (secondary N) is 2. The van der Waals surface area contributed by atoms with Gasteiger partial charge in [-0.15, -0.1) is 0 Å². The number of piperidine rings is 1. The lowest BCUT2D eigenvalue weighted by molar-refractivity contribution is 0.1000. The Morgan fingerprint density at radius 3 is 2.17 bits per heavy atom. The maximum Gasteiger partial charge on any atom is 0.404 e. The third kappa shape index (κ3) is 7.69. The SMILES string of the molecule is CC[Si](CC)(CC)OC1CC(NC(=O)O)CN(c2ncc(C(N)=O)c(Nc3cc(C(C)C)nc(C(C)C)c3)n2)C1. The molecule has 2 amide bonds. The van der Waals surface area contributed by atoms with Crippen LogP contribution in [0, 0.1) is 0 Å². The summed E-state index contributed by atoms with van der Waals surface area (Å²) in [4.78, 5) is 39.8. The van der Waals surface area contributed by atoms with Crippen molar-refractivity contribution in [3.05, 3.63) is 35.3 Å². The summed E-state index contributed by atoms with van der Waals surface area (Å²) in [7, 11) is -1.94. The standard InChI is InChI=1S/C28H45N7O4Si/c1-8-40(9-2,10-3)39-21-11-20(32-28(37)38)15-35(16-21)27-30-14-22(25(29)36)26(34-27)31-19-12-23(17(4)5)33-24(13-19)18(6)7/h12-14,17-18,20-21,32H,8-11,15-16H2,1-7H3,(H2,29,36)(H,37,38)(H,30,31,33,34). The molecular weight excluding hydrogens is 526 g/mol. The molecule has 2 atom stereocenters. The molecule has 0 spiro atoms. The summed E-state index contributed by atoms with van der Waals surface area (Å²) in [6.07, 6.45) is 0.751. The van der Waals surface area contributed by atoms with Gasteiger partial charge in [-0.2, -0.15) is 4.98 Å². The Kier molecular flexibility index (Phi) is 10.5. The second-order valence-corrected chi connectivity index (χ2v) is 15.9. The first-order valence-electron chi connectivity index (χ1n) is 14.3. The predicted octanol–water partition coefficient (Wildman–Crippen LogP) is 5.20. The van der Waals surface area contributed by atoms with Crippen molar-refractivity contribution < 1.29 is 19.1 Å². The van der Waals surface area contributed by atoms with E-state index in [0.717, 1.165) is 35.2 Å². The molecule has 3 heterocycles. The molecule has 0 saturated carbocycles. The maximum absolute atomic E-state index is 12.3. The topological polar surface area (TPSA) is 156 Å². The van der Waals surface area contributed by atoms with Crippen LogP contribution in [0.4, 0.5) is 22.2 Å². The van der Waals surface area contributed by atoms with Crippen LogP contribution in [0.25, 0.3) is 0 Å². The first kappa shape index (κ1) is 31.3. The van der Waals surface area contributed by atoms with Crippen LogP contribution in [0.3, 0.4) is 0 Å². The van der Waals surface area contributed by atoms with Crippen molar-refractivity contribution in [2.45, 2.75) is 97.0 Å². The quantitative estimate of drug-likeness (QED) is 0.252. The average molecular weight is 572 g/mol. The van der Waals surface area contributed by atoms with E-state index in [-0.39, 0.29) is 29.5 Å². The Balaban J connectivity index is 1.99. The molecule has 2 unspecified atom stereocenters. The number of carboxylic acid groups (broad SMARTS) is 1. The van der Waals surface area contributed by atoms with E-state index in [1.54, 1.807) is 0 Å². The second kappa shape index (κ2) is 13.4. The highest BCUT2D eigenvalue weighted by atomic mass is 28.4. The third-order valence-corrected chi connectivity index (χ3v) is 12.4. The number of hydrogen-bond donors (Lipinski definition) is 4. The minimum atomic E-state index is -1.94. The van der Waals surface area contributed by atoms with E-state index in [1.165, 1.54) is 6.20 Å². The van der Waals surface area contributed by atoms with E-state index in [0.29, 0.717) is 31.3 Å². The molecule has 0 aliphatic carbocycles. The van der Waals surface area contributed by atoms with Crippen LogP contribution in [-0.2, 0) is 4.43 Å². The molecule has 12 heteroatoms. The highest BCUT2D eigenvalue weighted by Gasteiger charge is 2.37. The van der Waals surface area contributed by atoms with Crippen molar-refractivity contribution >= 4 is 37.8 Å². The number of amides is 2. The zero-order valence-corrected chi connectivity index (χ0v) is 25.8. The van der Waals surface area contributed by atoms with Crippen molar-refractivity contribution in [1.29, 1.82) is 0 Å².